The molecule has 4 rings (SSSR count). The van der Waals surface area contributed by atoms with Crippen LogP contribution in [0.5, 0.6) is 0 Å². The van der Waals surface area contributed by atoms with Crippen molar-refractivity contribution in [1.82, 2.24) is 14.9 Å². The highest BCUT2D eigenvalue weighted by molar-refractivity contribution is 7.17. The van der Waals surface area contributed by atoms with Gasteiger partial charge in [-0.2, -0.15) is 0 Å². The van der Waals surface area contributed by atoms with E-state index < -0.39 is 0 Å². The highest BCUT2D eigenvalue weighted by Crippen LogP contribution is 2.26. The van der Waals surface area contributed by atoms with Gasteiger partial charge in [-0.05, 0) is 52.9 Å². The fourth-order valence-electron chi connectivity index (χ4n) is 2.93. The monoisotopic (exact) mass is 381 g/mol. The minimum Gasteiger partial charge on any atom is -0.347 e. The maximum Gasteiger partial charge on any atom is 0.268 e. The van der Waals surface area contributed by atoms with Gasteiger partial charge in [-0.1, -0.05) is 23.7 Å². The zero-order valence-electron chi connectivity index (χ0n) is 13.9. The van der Waals surface area contributed by atoms with Crippen molar-refractivity contribution >= 4 is 39.1 Å². The van der Waals surface area contributed by atoms with Gasteiger partial charge < -0.3 is 9.88 Å². The molecule has 0 aliphatic rings. The summed E-state index contributed by atoms with van der Waals surface area (Å²) < 4.78 is 3.14. The third kappa shape index (κ3) is 3.49. The first-order chi connectivity index (χ1) is 12.7. The summed E-state index contributed by atoms with van der Waals surface area (Å²) in [6.07, 6.45) is 3.44. The molecule has 6 heteroatoms. The van der Waals surface area contributed by atoms with Gasteiger partial charge in [-0.25, -0.2) is 0 Å². The lowest BCUT2D eigenvalue weighted by Crippen LogP contribution is -2.25. The summed E-state index contributed by atoms with van der Waals surface area (Å²) in [4.78, 5) is 16.8. The topological polar surface area (TPSA) is 46.9 Å². The van der Waals surface area contributed by atoms with Crippen LogP contribution in [0.2, 0.25) is 5.02 Å². The van der Waals surface area contributed by atoms with Crippen LogP contribution in [0.1, 0.15) is 21.6 Å². The first-order valence-electron chi connectivity index (χ1n) is 8.19. The number of thiophene rings is 1. The zero-order chi connectivity index (χ0) is 17.9. The Labute approximate surface area is 160 Å². The van der Waals surface area contributed by atoms with Gasteiger partial charge >= 0.3 is 0 Å². The van der Waals surface area contributed by atoms with E-state index in [0.29, 0.717) is 23.8 Å². The predicted molar refractivity (Wildman–Crippen MR) is 106 cm³/mol. The number of hydrogen-bond acceptors (Lipinski definition) is 3. The van der Waals surface area contributed by atoms with Gasteiger partial charge in [0.1, 0.15) is 5.69 Å². The van der Waals surface area contributed by atoms with Crippen LogP contribution < -0.4 is 5.32 Å². The summed E-state index contributed by atoms with van der Waals surface area (Å²) in [7, 11) is 0. The molecule has 0 aliphatic heterocycles. The lowest BCUT2D eigenvalue weighted by molar-refractivity contribution is 0.0942. The predicted octanol–water partition coefficient (Wildman–Crippen LogP) is 4.73. The number of benzene rings is 1. The number of nitrogens with one attached hydrogen (secondary N) is 1. The maximum atomic E-state index is 12.8. The maximum absolute atomic E-state index is 12.8. The van der Waals surface area contributed by atoms with E-state index in [-0.39, 0.29) is 5.91 Å². The Morgan fingerprint density at radius 3 is 2.77 bits per heavy atom. The van der Waals surface area contributed by atoms with Crippen molar-refractivity contribution < 1.29 is 4.79 Å². The van der Waals surface area contributed by atoms with Crippen molar-refractivity contribution in [2.24, 2.45) is 0 Å². The molecule has 1 amide bonds. The van der Waals surface area contributed by atoms with Crippen molar-refractivity contribution in [3.63, 3.8) is 0 Å². The smallest absolute Gasteiger partial charge is 0.268 e. The molecule has 0 bridgehead atoms. The van der Waals surface area contributed by atoms with Crippen molar-refractivity contribution in [1.29, 1.82) is 0 Å². The van der Waals surface area contributed by atoms with Gasteiger partial charge in [0.25, 0.3) is 5.91 Å². The molecule has 0 aliphatic carbocycles. The summed E-state index contributed by atoms with van der Waals surface area (Å²) in [6.45, 7) is 1.07. The number of carbonyl (C=O) groups is 1. The summed E-state index contributed by atoms with van der Waals surface area (Å²) >= 11 is 7.74. The van der Waals surface area contributed by atoms with Crippen LogP contribution in [-0.2, 0) is 13.1 Å². The van der Waals surface area contributed by atoms with Crippen molar-refractivity contribution in [3.8, 4) is 0 Å². The second-order valence-corrected chi connectivity index (χ2v) is 7.34. The molecule has 4 nitrogen and oxygen atoms in total. The molecule has 3 heterocycles. The molecule has 26 heavy (non-hydrogen) atoms. The molecule has 1 aromatic carbocycles. The second-order valence-electron chi connectivity index (χ2n) is 5.95. The van der Waals surface area contributed by atoms with Crippen molar-refractivity contribution in [3.05, 3.63) is 88.1 Å². The number of nitrogens with zero attached hydrogens (tertiary/aromatic N) is 2. The third-order valence-corrected chi connectivity index (χ3v) is 5.28. The lowest BCUT2D eigenvalue weighted by Gasteiger charge is -2.11. The molecule has 0 saturated carbocycles. The van der Waals surface area contributed by atoms with Crippen molar-refractivity contribution in [2.75, 3.05) is 0 Å². The number of hydrogen-bond donors (Lipinski definition) is 1. The van der Waals surface area contributed by atoms with Crippen LogP contribution in [0, 0.1) is 0 Å². The van der Waals surface area contributed by atoms with E-state index in [1.807, 2.05) is 58.5 Å². The van der Waals surface area contributed by atoms with Crippen LogP contribution in [0.3, 0.4) is 0 Å². The van der Waals surface area contributed by atoms with E-state index in [0.717, 1.165) is 21.3 Å². The molecule has 3 aromatic heterocycles. The molecule has 0 fully saturated rings. The Bertz CT molecular complexity index is 1060. The summed E-state index contributed by atoms with van der Waals surface area (Å²) in [5.74, 6) is -0.0905. The number of amides is 1. The average Bonchev–Trinajstić information content (AvgIpc) is 3.23. The first kappa shape index (κ1) is 16.8. The number of fused-ring (bicyclic) bond motifs is 1. The van der Waals surface area contributed by atoms with E-state index in [2.05, 4.69) is 10.3 Å². The number of carbonyl (C=O) groups excluding carboxylic acids is 1. The Morgan fingerprint density at radius 2 is 1.96 bits per heavy atom. The minimum absolute atomic E-state index is 0.0905. The third-order valence-electron chi connectivity index (χ3n) is 4.19. The molecule has 1 N–H and O–H groups in total. The molecular weight excluding hydrogens is 366 g/mol. The Hall–Kier alpha value is -2.63. The van der Waals surface area contributed by atoms with E-state index in [9.17, 15) is 4.79 Å². The largest absolute Gasteiger partial charge is 0.347 e. The molecule has 0 unspecified atom stereocenters. The molecule has 0 atom stereocenters. The highest BCUT2D eigenvalue weighted by Gasteiger charge is 2.16. The lowest BCUT2D eigenvalue weighted by atomic mass is 10.2. The van der Waals surface area contributed by atoms with Crippen molar-refractivity contribution in [2.45, 2.75) is 13.1 Å². The Morgan fingerprint density at radius 1 is 1.12 bits per heavy atom. The Kier molecular flexibility index (Phi) is 4.73. The van der Waals surface area contributed by atoms with Crippen LogP contribution in [0.4, 0.5) is 0 Å². The highest BCUT2D eigenvalue weighted by atomic mass is 35.5. The van der Waals surface area contributed by atoms with Gasteiger partial charge in [0.2, 0.25) is 0 Å². The van der Waals surface area contributed by atoms with Crippen LogP contribution in [0.15, 0.2) is 66.3 Å². The van der Waals surface area contributed by atoms with E-state index >= 15 is 0 Å². The average molecular weight is 382 g/mol. The minimum atomic E-state index is -0.0905. The number of pyridine rings is 1. The van der Waals surface area contributed by atoms with Gasteiger partial charge in [0.05, 0.1) is 10.2 Å². The summed E-state index contributed by atoms with van der Waals surface area (Å²) in [5, 5.41) is 5.73. The van der Waals surface area contributed by atoms with Crippen LogP contribution >= 0.6 is 22.9 Å². The molecule has 130 valence electrons. The second kappa shape index (κ2) is 7.32. The summed E-state index contributed by atoms with van der Waals surface area (Å²) in [5.41, 5.74) is 3.79. The van der Waals surface area contributed by atoms with E-state index in [1.54, 1.807) is 23.7 Å². The number of halogens is 1. The Balaban J connectivity index is 1.62. The zero-order valence-corrected chi connectivity index (χ0v) is 15.4. The molecule has 0 radical (unpaired) electrons. The number of aromatic nitrogens is 2. The van der Waals surface area contributed by atoms with Gasteiger partial charge in [0, 0.05) is 30.5 Å². The summed E-state index contributed by atoms with van der Waals surface area (Å²) in [6, 6.07) is 15.5. The first-order valence-corrected chi connectivity index (χ1v) is 9.45. The molecule has 4 aromatic rings. The van der Waals surface area contributed by atoms with Gasteiger partial charge in [-0.3, -0.25) is 9.78 Å². The standard InChI is InChI=1S/C20H16ClN3OS/c21-16-3-1-2-15(10-16)13-24-17-6-9-26-19(17)11-18(24)20(25)23-12-14-4-7-22-8-5-14/h1-11H,12-13H2,(H,23,25). The van der Waals surface area contributed by atoms with Crippen LogP contribution in [-0.4, -0.2) is 15.5 Å². The van der Waals surface area contributed by atoms with E-state index in [4.69, 9.17) is 11.6 Å². The fraction of sp³-hybridized carbons (Fsp3) is 0.100. The number of rotatable bonds is 5. The van der Waals surface area contributed by atoms with Gasteiger partial charge in [-0.15, -0.1) is 11.3 Å². The van der Waals surface area contributed by atoms with Crippen LogP contribution in [0.25, 0.3) is 10.2 Å². The molecular formula is C20H16ClN3OS. The molecule has 0 saturated heterocycles. The SMILES string of the molecule is O=C(NCc1ccncc1)c1cc2sccc2n1Cc1cccc(Cl)c1. The fourth-order valence-corrected chi connectivity index (χ4v) is 3.96. The molecule has 0 spiro atoms. The van der Waals surface area contributed by atoms with E-state index in [1.165, 1.54) is 0 Å². The normalized spacial score (nSPS) is 11.0. The quantitative estimate of drug-likeness (QED) is 0.543. The van der Waals surface area contributed by atoms with Gasteiger partial charge in [0.15, 0.2) is 0 Å².